The van der Waals surface area contributed by atoms with Crippen LogP contribution in [0.25, 0.3) is 0 Å². The molecule has 0 aliphatic carbocycles. The Bertz CT molecular complexity index is 947. The van der Waals surface area contributed by atoms with Crippen LogP contribution < -0.4 is 4.90 Å². The van der Waals surface area contributed by atoms with E-state index in [0.29, 0.717) is 13.0 Å². The summed E-state index contributed by atoms with van der Waals surface area (Å²) < 4.78 is 14.1. The van der Waals surface area contributed by atoms with Gasteiger partial charge in [-0.15, -0.1) is 0 Å². The molecule has 7 heteroatoms. The van der Waals surface area contributed by atoms with Gasteiger partial charge in [0.25, 0.3) is 5.91 Å². The first kappa shape index (κ1) is 21.5. The van der Waals surface area contributed by atoms with Crippen molar-refractivity contribution in [1.29, 1.82) is 0 Å². The molecule has 0 N–H and O–H groups in total. The average Bonchev–Trinajstić information content (AvgIpc) is 3.12. The summed E-state index contributed by atoms with van der Waals surface area (Å²) in [6, 6.07) is 13.3. The number of halogens is 1. The number of hydrogen-bond donors (Lipinski definition) is 0. The summed E-state index contributed by atoms with van der Waals surface area (Å²) in [5, 5.41) is 0. The van der Waals surface area contributed by atoms with Crippen LogP contribution >= 0.6 is 0 Å². The highest BCUT2D eigenvalue weighted by Crippen LogP contribution is 2.21. The Morgan fingerprint density at radius 2 is 1.90 bits per heavy atom. The molecule has 1 saturated heterocycles. The second-order valence-electron chi connectivity index (χ2n) is 7.45. The van der Waals surface area contributed by atoms with E-state index in [1.54, 1.807) is 11.0 Å². The Morgan fingerprint density at radius 1 is 1.13 bits per heavy atom. The van der Waals surface area contributed by atoms with Crippen molar-refractivity contribution < 1.29 is 18.8 Å². The van der Waals surface area contributed by atoms with Gasteiger partial charge in [0, 0.05) is 12.2 Å². The second kappa shape index (κ2) is 9.52. The molecule has 0 spiro atoms. The van der Waals surface area contributed by atoms with E-state index in [9.17, 15) is 18.8 Å². The third-order valence-corrected chi connectivity index (χ3v) is 5.10. The lowest BCUT2D eigenvalue weighted by molar-refractivity contribution is -0.132. The van der Waals surface area contributed by atoms with E-state index in [4.69, 9.17) is 0 Å². The van der Waals surface area contributed by atoms with Crippen LogP contribution in [0.5, 0.6) is 0 Å². The van der Waals surface area contributed by atoms with Gasteiger partial charge in [-0.2, -0.15) is 0 Å². The van der Waals surface area contributed by atoms with Crippen LogP contribution in [0.1, 0.15) is 35.7 Å². The van der Waals surface area contributed by atoms with Crippen LogP contribution in [0.2, 0.25) is 0 Å². The predicted octanol–water partition coefficient (Wildman–Crippen LogP) is 3.21. The zero-order valence-electron chi connectivity index (χ0n) is 17.3. The summed E-state index contributed by atoms with van der Waals surface area (Å²) in [5.74, 6) is -1.64. The monoisotopic (exact) mass is 411 g/mol. The Morgan fingerprint density at radius 3 is 2.60 bits per heavy atom. The quantitative estimate of drug-likeness (QED) is 0.703. The first-order valence-corrected chi connectivity index (χ1v) is 10.1. The van der Waals surface area contributed by atoms with Crippen molar-refractivity contribution in [1.82, 2.24) is 9.80 Å². The smallest absolute Gasteiger partial charge is 0.257 e. The van der Waals surface area contributed by atoms with Gasteiger partial charge in [0.1, 0.15) is 25.6 Å². The van der Waals surface area contributed by atoms with Crippen LogP contribution in [0.3, 0.4) is 0 Å². The highest BCUT2D eigenvalue weighted by atomic mass is 19.1. The lowest BCUT2D eigenvalue weighted by Gasteiger charge is -2.25. The van der Waals surface area contributed by atoms with E-state index in [2.05, 4.69) is 0 Å². The van der Waals surface area contributed by atoms with Gasteiger partial charge in [-0.05, 0) is 43.2 Å². The number of amides is 3. The minimum Gasteiger partial charge on any atom is -0.329 e. The van der Waals surface area contributed by atoms with E-state index >= 15 is 0 Å². The molecule has 0 aromatic heterocycles. The Balaban J connectivity index is 1.72. The first-order valence-electron chi connectivity index (χ1n) is 10.1. The van der Waals surface area contributed by atoms with Crippen LogP contribution in [-0.2, 0) is 9.59 Å². The Kier molecular flexibility index (Phi) is 6.82. The lowest BCUT2D eigenvalue weighted by atomic mass is 10.1. The van der Waals surface area contributed by atoms with E-state index in [0.717, 1.165) is 17.7 Å². The molecule has 3 amide bonds. The van der Waals surface area contributed by atoms with Crippen LogP contribution in [0.15, 0.2) is 48.5 Å². The fourth-order valence-corrected chi connectivity index (χ4v) is 3.41. The van der Waals surface area contributed by atoms with Gasteiger partial charge >= 0.3 is 0 Å². The molecule has 1 fully saturated rings. The fourth-order valence-electron chi connectivity index (χ4n) is 3.41. The topological polar surface area (TPSA) is 60.9 Å². The average molecular weight is 411 g/mol. The molecule has 1 heterocycles. The summed E-state index contributed by atoms with van der Waals surface area (Å²) in [6.45, 7) is 4.17. The molecule has 1 aliphatic heterocycles. The highest BCUT2D eigenvalue weighted by molar-refractivity contribution is 6.01. The van der Waals surface area contributed by atoms with E-state index < -0.39 is 11.7 Å². The molecule has 158 valence electrons. The second-order valence-corrected chi connectivity index (χ2v) is 7.45. The van der Waals surface area contributed by atoms with Crippen molar-refractivity contribution >= 4 is 23.4 Å². The number of carbonyl (C=O) groups excluding carboxylic acids is 3. The number of unbranched alkanes of at least 4 members (excludes halogenated alkanes) is 1. The molecule has 0 atom stereocenters. The third-order valence-electron chi connectivity index (χ3n) is 5.10. The molecule has 3 rings (SSSR count). The van der Waals surface area contributed by atoms with Crippen LogP contribution in [0, 0.1) is 12.7 Å². The van der Waals surface area contributed by atoms with Crippen molar-refractivity contribution in [2.75, 3.05) is 31.2 Å². The van der Waals surface area contributed by atoms with Crippen LogP contribution in [0.4, 0.5) is 10.1 Å². The van der Waals surface area contributed by atoms with E-state index in [-0.39, 0.29) is 37.1 Å². The summed E-state index contributed by atoms with van der Waals surface area (Å²) in [6.07, 6.45) is 1.53. The number of aryl methyl sites for hydroxylation is 1. The fraction of sp³-hybridized carbons (Fsp3) is 0.348. The summed E-state index contributed by atoms with van der Waals surface area (Å²) in [7, 11) is 0. The molecular weight excluding hydrogens is 385 g/mol. The number of nitrogens with zero attached hydrogens (tertiary/aromatic N) is 3. The number of hydrogen-bond acceptors (Lipinski definition) is 3. The zero-order valence-corrected chi connectivity index (χ0v) is 17.3. The lowest BCUT2D eigenvalue weighted by Crippen LogP contribution is -2.43. The van der Waals surface area contributed by atoms with Crippen molar-refractivity contribution in [2.45, 2.75) is 26.7 Å². The standard InChI is InChI=1S/C23H26FN3O3/c1-3-4-12-25(23(30)19-10-5-6-11-20(19)24)14-21(28)26-15-22(29)27(16-26)18-9-7-8-17(2)13-18/h5-11,13H,3-4,12,14-16H2,1-2H3. The maximum absolute atomic E-state index is 14.1. The molecule has 0 saturated carbocycles. The number of anilines is 1. The van der Waals surface area contributed by atoms with Gasteiger partial charge in [0.2, 0.25) is 11.8 Å². The normalized spacial score (nSPS) is 13.6. The number of benzene rings is 2. The summed E-state index contributed by atoms with van der Waals surface area (Å²) >= 11 is 0. The summed E-state index contributed by atoms with van der Waals surface area (Å²) in [4.78, 5) is 42.5. The molecule has 1 aliphatic rings. The molecular formula is C23H26FN3O3. The first-order chi connectivity index (χ1) is 14.4. The van der Waals surface area contributed by atoms with Gasteiger partial charge in [0.05, 0.1) is 5.56 Å². The minimum absolute atomic E-state index is 0.0394. The van der Waals surface area contributed by atoms with Gasteiger partial charge in [-0.25, -0.2) is 4.39 Å². The number of carbonyl (C=O) groups is 3. The number of rotatable bonds is 7. The minimum atomic E-state index is -0.613. The predicted molar refractivity (Wildman–Crippen MR) is 112 cm³/mol. The highest BCUT2D eigenvalue weighted by Gasteiger charge is 2.33. The van der Waals surface area contributed by atoms with Crippen molar-refractivity contribution in [3.05, 3.63) is 65.5 Å². The maximum Gasteiger partial charge on any atom is 0.257 e. The molecule has 30 heavy (non-hydrogen) atoms. The molecule has 0 bridgehead atoms. The van der Waals surface area contributed by atoms with Gasteiger partial charge < -0.3 is 9.80 Å². The van der Waals surface area contributed by atoms with Gasteiger partial charge in [-0.1, -0.05) is 37.6 Å². The molecule has 6 nitrogen and oxygen atoms in total. The van der Waals surface area contributed by atoms with Gasteiger partial charge in [0.15, 0.2) is 0 Å². The van der Waals surface area contributed by atoms with Crippen molar-refractivity contribution in [3.63, 3.8) is 0 Å². The van der Waals surface area contributed by atoms with Gasteiger partial charge in [-0.3, -0.25) is 19.3 Å². The van der Waals surface area contributed by atoms with Crippen molar-refractivity contribution in [2.24, 2.45) is 0 Å². The Labute approximate surface area is 175 Å². The molecule has 0 unspecified atom stereocenters. The van der Waals surface area contributed by atoms with E-state index in [1.165, 1.54) is 28.0 Å². The largest absolute Gasteiger partial charge is 0.329 e. The SMILES string of the molecule is CCCCN(CC(=O)N1CC(=O)N(c2cccc(C)c2)C1)C(=O)c1ccccc1F. The molecule has 2 aromatic carbocycles. The molecule has 2 aromatic rings. The molecule has 0 radical (unpaired) electrons. The maximum atomic E-state index is 14.1. The Hall–Kier alpha value is -3.22. The summed E-state index contributed by atoms with van der Waals surface area (Å²) in [5.41, 5.74) is 1.70. The zero-order chi connectivity index (χ0) is 21.7. The van der Waals surface area contributed by atoms with Crippen molar-refractivity contribution in [3.8, 4) is 0 Å². The van der Waals surface area contributed by atoms with E-state index in [1.807, 2.05) is 38.1 Å². The van der Waals surface area contributed by atoms with Crippen LogP contribution in [-0.4, -0.2) is 53.8 Å². The third kappa shape index (κ3) is 4.84.